The zero-order valence-electron chi connectivity index (χ0n) is 11.2. The van der Waals surface area contributed by atoms with Gasteiger partial charge in [-0.05, 0) is 38.8 Å². The van der Waals surface area contributed by atoms with Gasteiger partial charge in [0.15, 0.2) is 0 Å². The second-order valence-corrected chi connectivity index (χ2v) is 5.44. The van der Waals surface area contributed by atoms with Gasteiger partial charge >= 0.3 is 12.1 Å². The lowest BCUT2D eigenvalue weighted by Crippen LogP contribution is -2.40. The van der Waals surface area contributed by atoms with Gasteiger partial charge in [0.05, 0.1) is 0 Å². The number of carbonyl (C=O) groups is 1. The molecule has 1 fully saturated rings. The quantitative estimate of drug-likeness (QED) is 0.908. The van der Waals surface area contributed by atoms with Gasteiger partial charge in [-0.3, -0.25) is 0 Å². The number of halogens is 3. The van der Waals surface area contributed by atoms with Crippen molar-refractivity contribution >= 4 is 11.8 Å². The van der Waals surface area contributed by atoms with Crippen molar-refractivity contribution < 1.29 is 23.1 Å². The Morgan fingerprint density at radius 2 is 2.05 bits per heavy atom. The van der Waals surface area contributed by atoms with Crippen molar-refractivity contribution in [3.63, 3.8) is 0 Å². The fourth-order valence-electron chi connectivity index (χ4n) is 2.48. The van der Waals surface area contributed by atoms with Crippen molar-refractivity contribution in [1.82, 2.24) is 4.98 Å². The molecule has 0 aliphatic carbocycles. The average molecular weight is 288 g/mol. The van der Waals surface area contributed by atoms with Crippen molar-refractivity contribution in [2.24, 2.45) is 0 Å². The molecule has 2 heterocycles. The smallest absolute Gasteiger partial charge is 0.433 e. The van der Waals surface area contributed by atoms with Crippen LogP contribution in [0.5, 0.6) is 0 Å². The number of rotatable bonds is 2. The molecular weight excluding hydrogens is 273 g/mol. The van der Waals surface area contributed by atoms with Crippen LogP contribution in [0.2, 0.25) is 0 Å². The first kappa shape index (κ1) is 14.6. The second-order valence-electron chi connectivity index (χ2n) is 5.44. The van der Waals surface area contributed by atoms with E-state index >= 15 is 0 Å². The molecule has 4 nitrogen and oxygen atoms in total. The van der Waals surface area contributed by atoms with Gasteiger partial charge in [-0.25, -0.2) is 9.78 Å². The molecule has 0 atom stereocenters. The monoisotopic (exact) mass is 288 g/mol. The Bertz CT molecular complexity index is 541. The molecule has 0 aromatic carbocycles. The summed E-state index contributed by atoms with van der Waals surface area (Å²) < 4.78 is 38.3. The average Bonchev–Trinajstić information content (AvgIpc) is 2.66. The van der Waals surface area contributed by atoms with E-state index in [0.717, 1.165) is 18.9 Å². The van der Waals surface area contributed by atoms with E-state index in [1.165, 1.54) is 0 Å². The van der Waals surface area contributed by atoms with E-state index in [1.54, 1.807) is 4.90 Å². The first-order chi connectivity index (χ1) is 9.13. The van der Waals surface area contributed by atoms with E-state index in [4.69, 9.17) is 5.11 Å². The lowest BCUT2D eigenvalue weighted by atomic mass is 10.0. The molecule has 1 aliphatic heterocycles. The van der Waals surface area contributed by atoms with E-state index in [2.05, 4.69) is 4.98 Å². The molecule has 1 aromatic rings. The molecule has 0 spiro atoms. The minimum atomic E-state index is -4.59. The summed E-state index contributed by atoms with van der Waals surface area (Å²) >= 11 is 0. The van der Waals surface area contributed by atoms with Crippen LogP contribution in [0.15, 0.2) is 12.1 Å². The summed E-state index contributed by atoms with van der Waals surface area (Å²) in [5.41, 5.74) is -1.67. The lowest BCUT2D eigenvalue weighted by Gasteiger charge is -2.33. The molecule has 1 saturated heterocycles. The maximum absolute atomic E-state index is 12.8. The third-order valence-electron chi connectivity index (χ3n) is 3.55. The number of pyridine rings is 1. The fraction of sp³-hybridized carbons (Fsp3) is 0.538. The van der Waals surface area contributed by atoms with Gasteiger partial charge in [-0.2, -0.15) is 13.2 Å². The highest BCUT2D eigenvalue weighted by Gasteiger charge is 2.38. The van der Waals surface area contributed by atoms with E-state index < -0.39 is 23.4 Å². The number of carboxylic acids is 1. The Hall–Kier alpha value is -1.79. The van der Waals surface area contributed by atoms with E-state index in [0.29, 0.717) is 12.6 Å². The summed E-state index contributed by atoms with van der Waals surface area (Å²) in [4.78, 5) is 16.4. The van der Waals surface area contributed by atoms with Crippen LogP contribution < -0.4 is 4.90 Å². The summed E-state index contributed by atoms with van der Waals surface area (Å²) in [6.07, 6.45) is -3.01. The van der Waals surface area contributed by atoms with Crippen molar-refractivity contribution in [3.8, 4) is 0 Å². The van der Waals surface area contributed by atoms with Crippen LogP contribution in [0.25, 0.3) is 0 Å². The summed E-state index contributed by atoms with van der Waals surface area (Å²) in [5.74, 6) is -1.38. The largest absolute Gasteiger partial charge is 0.478 e. The topological polar surface area (TPSA) is 53.4 Å². The van der Waals surface area contributed by atoms with E-state index in [-0.39, 0.29) is 11.4 Å². The third kappa shape index (κ3) is 2.57. The maximum atomic E-state index is 12.8. The summed E-state index contributed by atoms with van der Waals surface area (Å²) in [5, 5.41) is 9.14. The predicted molar refractivity (Wildman–Crippen MR) is 66.9 cm³/mol. The van der Waals surface area contributed by atoms with Crippen molar-refractivity contribution in [2.45, 2.75) is 38.4 Å². The van der Waals surface area contributed by atoms with Gasteiger partial charge in [0.2, 0.25) is 0 Å². The Morgan fingerprint density at radius 3 is 2.50 bits per heavy atom. The number of hydrogen-bond acceptors (Lipinski definition) is 3. The van der Waals surface area contributed by atoms with Crippen LogP contribution in [-0.4, -0.2) is 28.1 Å². The molecule has 0 amide bonds. The van der Waals surface area contributed by atoms with Gasteiger partial charge in [0.1, 0.15) is 17.1 Å². The predicted octanol–water partition coefficient (Wildman–Crippen LogP) is 3.18. The number of carboxylic acid groups (broad SMARTS) is 1. The van der Waals surface area contributed by atoms with Gasteiger partial charge in [0.25, 0.3) is 0 Å². The zero-order chi connectivity index (χ0) is 15.1. The van der Waals surface area contributed by atoms with Crippen LogP contribution in [0.3, 0.4) is 0 Å². The van der Waals surface area contributed by atoms with Crippen molar-refractivity contribution in [3.05, 3.63) is 23.4 Å². The minimum absolute atomic E-state index is 0.102. The number of aromatic nitrogens is 1. The number of anilines is 1. The van der Waals surface area contributed by atoms with Crippen LogP contribution in [0.4, 0.5) is 19.0 Å². The highest BCUT2D eigenvalue weighted by atomic mass is 19.4. The lowest BCUT2D eigenvalue weighted by molar-refractivity contribution is -0.141. The van der Waals surface area contributed by atoms with E-state index in [1.807, 2.05) is 13.8 Å². The molecule has 110 valence electrons. The Balaban J connectivity index is 2.56. The molecule has 0 radical (unpaired) electrons. The molecule has 20 heavy (non-hydrogen) atoms. The van der Waals surface area contributed by atoms with Crippen molar-refractivity contribution in [1.29, 1.82) is 0 Å². The first-order valence-corrected chi connectivity index (χ1v) is 6.22. The number of hydrogen-bond donors (Lipinski definition) is 1. The molecule has 7 heteroatoms. The Kier molecular flexibility index (Phi) is 3.39. The van der Waals surface area contributed by atoms with Crippen molar-refractivity contribution in [2.75, 3.05) is 11.4 Å². The molecule has 0 unspecified atom stereocenters. The summed E-state index contributed by atoms with van der Waals surface area (Å²) in [7, 11) is 0. The SMILES string of the molecule is CC1(C)CCCN1c1nc(C(F)(F)F)ccc1C(=O)O. The summed E-state index contributed by atoms with van der Waals surface area (Å²) in [6.45, 7) is 4.24. The van der Waals surface area contributed by atoms with Crippen LogP contribution in [-0.2, 0) is 6.18 Å². The zero-order valence-corrected chi connectivity index (χ0v) is 11.2. The number of nitrogens with zero attached hydrogens (tertiary/aromatic N) is 2. The highest BCUT2D eigenvalue weighted by Crippen LogP contribution is 2.36. The maximum Gasteiger partial charge on any atom is 0.433 e. The number of aromatic carboxylic acids is 1. The Labute approximate surface area is 114 Å². The second kappa shape index (κ2) is 4.64. The van der Waals surface area contributed by atoms with Gasteiger partial charge < -0.3 is 10.0 Å². The van der Waals surface area contributed by atoms with E-state index in [9.17, 15) is 18.0 Å². The third-order valence-corrected chi connectivity index (χ3v) is 3.55. The van der Waals surface area contributed by atoms with Gasteiger partial charge in [0, 0.05) is 12.1 Å². The summed E-state index contributed by atoms with van der Waals surface area (Å²) in [6, 6.07) is 1.68. The van der Waals surface area contributed by atoms with Crippen LogP contribution >= 0.6 is 0 Å². The van der Waals surface area contributed by atoms with Gasteiger partial charge in [-0.15, -0.1) is 0 Å². The molecule has 2 rings (SSSR count). The highest BCUT2D eigenvalue weighted by molar-refractivity contribution is 5.93. The normalized spacial score (nSPS) is 18.4. The molecular formula is C13H15F3N2O2. The standard InChI is InChI=1S/C13H15F3N2O2/c1-12(2)6-3-7-18(12)10-8(11(19)20)4-5-9(17-10)13(14,15)16/h4-5H,3,6-7H2,1-2H3,(H,19,20). The molecule has 1 aliphatic rings. The first-order valence-electron chi connectivity index (χ1n) is 6.22. The van der Waals surface area contributed by atoms with Gasteiger partial charge in [-0.1, -0.05) is 0 Å². The molecule has 1 N–H and O–H groups in total. The van der Waals surface area contributed by atoms with Crippen LogP contribution in [0, 0.1) is 0 Å². The minimum Gasteiger partial charge on any atom is -0.478 e. The molecule has 0 saturated carbocycles. The Morgan fingerprint density at radius 1 is 1.40 bits per heavy atom. The molecule has 0 bridgehead atoms. The number of alkyl halides is 3. The fourth-order valence-corrected chi connectivity index (χ4v) is 2.48. The molecule has 1 aromatic heterocycles. The van der Waals surface area contributed by atoms with Crippen LogP contribution in [0.1, 0.15) is 42.7 Å².